The van der Waals surface area contributed by atoms with Crippen LogP contribution >= 0.6 is 11.6 Å². The number of halogens is 1. The minimum absolute atomic E-state index is 0.0197. The van der Waals surface area contributed by atoms with E-state index in [-0.39, 0.29) is 18.7 Å². The van der Waals surface area contributed by atoms with Gasteiger partial charge in [0.2, 0.25) is 10.0 Å². The van der Waals surface area contributed by atoms with Gasteiger partial charge >= 0.3 is 5.97 Å². The number of carbonyl (C=O) groups is 2. The smallest absolute Gasteiger partial charge is 0.307 e. The Morgan fingerprint density at radius 1 is 0.972 bits per heavy atom. The van der Waals surface area contributed by atoms with Crippen molar-refractivity contribution in [2.24, 2.45) is 0 Å². The number of nitrogens with zero attached hydrogens (tertiary/aromatic N) is 1. The van der Waals surface area contributed by atoms with Gasteiger partial charge in [-0.05, 0) is 66.4 Å². The number of rotatable bonds is 12. The zero-order valence-corrected chi connectivity index (χ0v) is 21.7. The largest absolute Gasteiger partial charge is 0.481 e. The van der Waals surface area contributed by atoms with Crippen LogP contribution in [0.3, 0.4) is 0 Å². The Hall–Kier alpha value is -3.20. The zero-order valence-electron chi connectivity index (χ0n) is 20.1. The number of aliphatic carboxylic acids is 1. The molecule has 0 radical (unpaired) electrons. The first-order valence-corrected chi connectivity index (χ1v) is 13.5. The summed E-state index contributed by atoms with van der Waals surface area (Å²) in [7, 11) is -2.01. The van der Waals surface area contributed by atoms with Crippen LogP contribution in [0.25, 0.3) is 0 Å². The van der Waals surface area contributed by atoms with E-state index in [1.807, 2.05) is 24.3 Å². The normalized spacial score (nSPS) is 11.4. The van der Waals surface area contributed by atoms with Crippen molar-refractivity contribution in [1.29, 1.82) is 0 Å². The maximum absolute atomic E-state index is 12.6. The molecule has 1 N–H and O–H groups in total. The Labute approximate surface area is 216 Å². The summed E-state index contributed by atoms with van der Waals surface area (Å²) in [4.78, 5) is 23.7. The third-order valence-electron chi connectivity index (χ3n) is 5.63. The molecule has 0 saturated heterocycles. The van der Waals surface area contributed by atoms with Gasteiger partial charge in [0.05, 0.1) is 12.7 Å². The average Bonchev–Trinajstić information content (AvgIpc) is 2.81. The monoisotopic (exact) mass is 529 g/mol. The van der Waals surface area contributed by atoms with Crippen molar-refractivity contribution in [3.05, 3.63) is 94.0 Å². The lowest BCUT2D eigenvalue weighted by Gasteiger charge is -2.18. The van der Waals surface area contributed by atoms with E-state index in [0.29, 0.717) is 39.6 Å². The highest BCUT2D eigenvalue weighted by molar-refractivity contribution is 7.88. The van der Waals surface area contributed by atoms with Crippen molar-refractivity contribution in [3.63, 3.8) is 0 Å². The highest BCUT2D eigenvalue weighted by Crippen LogP contribution is 2.28. The fraction of sp³-hybridized carbons (Fsp3) is 0.259. The summed E-state index contributed by atoms with van der Waals surface area (Å²) in [5, 5.41) is 9.78. The van der Waals surface area contributed by atoms with Gasteiger partial charge < -0.3 is 9.84 Å². The molecule has 3 rings (SSSR count). The van der Waals surface area contributed by atoms with Crippen LogP contribution < -0.4 is 4.74 Å². The van der Waals surface area contributed by atoms with Gasteiger partial charge in [0, 0.05) is 36.2 Å². The van der Waals surface area contributed by atoms with Crippen molar-refractivity contribution in [3.8, 4) is 11.5 Å². The Bertz CT molecular complexity index is 1320. The molecule has 0 aliphatic heterocycles. The SMILES string of the molecule is CN(Cc1cc(CC(=O)O)ccc1Oc1ccc(C(=O)CCCc2ccc(Cl)cc2)cc1)S(C)(=O)=O. The molecule has 190 valence electrons. The number of carboxylic acids is 1. The number of carboxylic acid groups (broad SMARTS) is 1. The predicted molar refractivity (Wildman–Crippen MR) is 139 cm³/mol. The van der Waals surface area contributed by atoms with Crippen LogP contribution in [0, 0.1) is 0 Å². The van der Waals surface area contributed by atoms with Gasteiger partial charge in [-0.3, -0.25) is 9.59 Å². The molecule has 0 amide bonds. The van der Waals surface area contributed by atoms with E-state index >= 15 is 0 Å². The first-order valence-electron chi connectivity index (χ1n) is 11.3. The first kappa shape index (κ1) is 27.4. The van der Waals surface area contributed by atoms with Gasteiger partial charge in [0.15, 0.2) is 5.78 Å². The molecule has 0 aliphatic rings. The molecule has 7 nitrogen and oxygen atoms in total. The number of aryl methyl sites for hydroxylation is 1. The second-order valence-corrected chi connectivity index (χ2v) is 11.1. The van der Waals surface area contributed by atoms with E-state index in [1.165, 1.54) is 7.05 Å². The number of ketones is 1. The number of benzene rings is 3. The Morgan fingerprint density at radius 2 is 1.61 bits per heavy atom. The number of ether oxygens (including phenoxy) is 1. The van der Waals surface area contributed by atoms with Crippen molar-refractivity contribution in [2.75, 3.05) is 13.3 Å². The van der Waals surface area contributed by atoms with Crippen molar-refractivity contribution < 1.29 is 27.9 Å². The summed E-state index contributed by atoms with van der Waals surface area (Å²) in [6, 6.07) is 19.2. The zero-order chi connectivity index (χ0) is 26.3. The van der Waals surface area contributed by atoms with Gasteiger partial charge in [-0.1, -0.05) is 35.9 Å². The molecule has 0 unspecified atom stereocenters. The lowest BCUT2D eigenvalue weighted by Crippen LogP contribution is -2.25. The first-order chi connectivity index (χ1) is 17.0. The lowest BCUT2D eigenvalue weighted by atomic mass is 10.0. The van der Waals surface area contributed by atoms with Crippen LogP contribution in [-0.2, 0) is 34.2 Å². The summed E-state index contributed by atoms with van der Waals surface area (Å²) in [5.41, 5.74) is 2.77. The average molecular weight is 530 g/mol. The summed E-state index contributed by atoms with van der Waals surface area (Å²) in [6.45, 7) is 0.0197. The van der Waals surface area contributed by atoms with Crippen LogP contribution in [0.1, 0.15) is 39.9 Å². The van der Waals surface area contributed by atoms with Gasteiger partial charge in [0.1, 0.15) is 11.5 Å². The van der Waals surface area contributed by atoms with Crippen molar-refractivity contribution in [2.45, 2.75) is 32.2 Å². The lowest BCUT2D eigenvalue weighted by molar-refractivity contribution is -0.136. The number of hydrogen-bond donors (Lipinski definition) is 1. The van der Waals surface area contributed by atoms with E-state index in [9.17, 15) is 18.0 Å². The maximum atomic E-state index is 12.6. The van der Waals surface area contributed by atoms with Crippen LogP contribution in [0.2, 0.25) is 5.02 Å². The van der Waals surface area contributed by atoms with Crippen LogP contribution in [0.15, 0.2) is 66.7 Å². The Balaban J connectivity index is 1.67. The molecule has 0 saturated carbocycles. The highest BCUT2D eigenvalue weighted by atomic mass is 35.5. The number of Topliss-reactive ketones (excluding diaryl/α,β-unsaturated/α-hetero) is 1. The second kappa shape index (κ2) is 12.2. The number of carbonyl (C=O) groups excluding carboxylic acids is 1. The van der Waals surface area contributed by atoms with Crippen molar-refractivity contribution >= 4 is 33.4 Å². The fourth-order valence-corrected chi connectivity index (χ4v) is 4.08. The third kappa shape index (κ3) is 8.19. The van der Waals surface area contributed by atoms with Gasteiger partial charge in [-0.2, -0.15) is 0 Å². The minimum Gasteiger partial charge on any atom is -0.481 e. The third-order valence-corrected chi connectivity index (χ3v) is 7.14. The molecule has 3 aromatic carbocycles. The van der Waals surface area contributed by atoms with Crippen LogP contribution in [0.4, 0.5) is 0 Å². The molecule has 0 spiro atoms. The van der Waals surface area contributed by atoms with Gasteiger partial charge in [0.25, 0.3) is 0 Å². The Kier molecular flexibility index (Phi) is 9.25. The summed E-state index contributed by atoms with van der Waals surface area (Å²) in [5.74, 6) is -0.0767. The highest BCUT2D eigenvalue weighted by Gasteiger charge is 2.16. The fourth-order valence-electron chi connectivity index (χ4n) is 3.58. The quantitative estimate of drug-likeness (QED) is 0.317. The van der Waals surface area contributed by atoms with Gasteiger partial charge in [-0.15, -0.1) is 0 Å². The Morgan fingerprint density at radius 3 is 2.22 bits per heavy atom. The molecule has 0 atom stereocenters. The van der Waals surface area contributed by atoms with Crippen molar-refractivity contribution in [1.82, 2.24) is 4.31 Å². The van der Waals surface area contributed by atoms with E-state index < -0.39 is 16.0 Å². The summed E-state index contributed by atoms with van der Waals surface area (Å²) >= 11 is 5.90. The standard InChI is InChI=1S/C27H28ClNO6S/c1-29(36(2,33)34)18-22-16-20(17-27(31)32)8-15-26(22)35-24-13-9-21(10-14-24)25(30)5-3-4-19-6-11-23(28)12-7-19/h6-16H,3-5,17-18H2,1-2H3,(H,31,32). The minimum atomic E-state index is -3.45. The molecule has 0 bridgehead atoms. The molecule has 3 aromatic rings. The second-order valence-electron chi connectivity index (χ2n) is 8.56. The molecular weight excluding hydrogens is 502 g/mol. The summed E-state index contributed by atoms with van der Waals surface area (Å²) in [6.07, 6.45) is 2.83. The molecule has 0 aliphatic carbocycles. The molecular formula is C27H28ClNO6S. The van der Waals surface area contributed by atoms with E-state index in [1.54, 1.807) is 42.5 Å². The number of sulfonamides is 1. The molecule has 36 heavy (non-hydrogen) atoms. The molecule has 0 fully saturated rings. The van der Waals surface area contributed by atoms with Crippen LogP contribution in [0.5, 0.6) is 11.5 Å². The molecule has 0 heterocycles. The molecule has 0 aromatic heterocycles. The van der Waals surface area contributed by atoms with Gasteiger partial charge in [-0.25, -0.2) is 12.7 Å². The van der Waals surface area contributed by atoms with E-state index in [0.717, 1.165) is 29.0 Å². The topological polar surface area (TPSA) is 101 Å². The summed E-state index contributed by atoms with van der Waals surface area (Å²) < 4.78 is 30.9. The van der Waals surface area contributed by atoms with Crippen LogP contribution in [-0.4, -0.2) is 42.9 Å². The maximum Gasteiger partial charge on any atom is 0.307 e. The molecule has 9 heteroatoms. The van der Waals surface area contributed by atoms with E-state index in [4.69, 9.17) is 21.4 Å². The van der Waals surface area contributed by atoms with E-state index in [2.05, 4.69) is 0 Å². The number of hydrogen-bond acceptors (Lipinski definition) is 5. The predicted octanol–water partition coefficient (Wildman–Crippen LogP) is 5.36.